The van der Waals surface area contributed by atoms with E-state index in [9.17, 15) is 5.11 Å². The van der Waals surface area contributed by atoms with Crippen LogP contribution in [0, 0.1) is 0 Å². The molecule has 0 radical (unpaired) electrons. The summed E-state index contributed by atoms with van der Waals surface area (Å²) in [5.74, 6) is 1.44. The summed E-state index contributed by atoms with van der Waals surface area (Å²) in [5, 5.41) is 25.0. The number of nitrogens with zero attached hydrogens (tertiary/aromatic N) is 6. The van der Waals surface area contributed by atoms with E-state index in [4.69, 9.17) is 27.0 Å². The fourth-order valence-electron chi connectivity index (χ4n) is 6.62. The van der Waals surface area contributed by atoms with Crippen molar-refractivity contribution in [1.82, 2.24) is 29.8 Å². The van der Waals surface area contributed by atoms with Crippen LogP contribution in [0.4, 0.5) is 0 Å². The van der Waals surface area contributed by atoms with E-state index in [1.54, 1.807) is 4.80 Å². The van der Waals surface area contributed by atoms with E-state index in [2.05, 4.69) is 78.6 Å². The predicted molar refractivity (Wildman–Crippen MR) is 195 cm³/mol. The summed E-state index contributed by atoms with van der Waals surface area (Å²) in [6.07, 6.45) is 2.88. The van der Waals surface area contributed by atoms with Crippen LogP contribution in [0.3, 0.4) is 0 Å². The fourth-order valence-corrected chi connectivity index (χ4v) is 6.88. The number of hydrogen-bond donors (Lipinski definition) is 1. The molecule has 7 aromatic rings. The van der Waals surface area contributed by atoms with Crippen molar-refractivity contribution in [3.05, 3.63) is 178 Å². The molecule has 5 aromatic carbocycles. The Balaban J connectivity index is 0.00000432. The summed E-state index contributed by atoms with van der Waals surface area (Å²) in [5.41, 5.74) is 6.89. The summed E-state index contributed by atoms with van der Waals surface area (Å²) < 4.78 is 2.04. The molecule has 244 valence electrons. The van der Waals surface area contributed by atoms with E-state index >= 15 is 0 Å². The number of hydrogen-bond acceptors (Lipinski definition) is 5. The Bertz CT molecular complexity index is 2040. The van der Waals surface area contributed by atoms with Gasteiger partial charge < -0.3 is 9.67 Å². The minimum absolute atomic E-state index is 0. The second-order valence-corrected chi connectivity index (χ2v) is 12.4. The molecule has 0 spiro atoms. The van der Waals surface area contributed by atoms with Crippen molar-refractivity contribution < 1.29 is 6.53 Å². The second-order valence-electron chi connectivity index (χ2n) is 12.1. The highest BCUT2D eigenvalue weighted by Crippen LogP contribution is 2.40. The summed E-state index contributed by atoms with van der Waals surface area (Å²) in [6, 6.07) is 47.7. The number of aryl methyl sites for hydroxylation is 1. The van der Waals surface area contributed by atoms with Gasteiger partial charge in [-0.25, -0.2) is 4.98 Å². The molecule has 0 aliphatic rings. The maximum atomic E-state index is 10.0. The average Bonchev–Trinajstić information content (AvgIpc) is 3.77. The summed E-state index contributed by atoms with van der Waals surface area (Å²) in [4.78, 5) is 6.31. The highest BCUT2D eigenvalue weighted by molar-refractivity contribution is 6.30. The number of tetrazole rings is 1. The van der Waals surface area contributed by atoms with Crippen molar-refractivity contribution in [3.63, 3.8) is 0 Å². The Morgan fingerprint density at radius 3 is 1.82 bits per heavy atom. The molecule has 1 N–H and O–H groups in total. The van der Waals surface area contributed by atoms with Gasteiger partial charge in [-0.1, -0.05) is 164 Å². The third-order valence-electron chi connectivity index (χ3n) is 9.07. The van der Waals surface area contributed by atoms with Gasteiger partial charge in [0.15, 0.2) is 10.7 Å². The second kappa shape index (κ2) is 14.4. The van der Waals surface area contributed by atoms with Gasteiger partial charge in [0.1, 0.15) is 5.82 Å². The third-order valence-corrected chi connectivity index (χ3v) is 9.37. The van der Waals surface area contributed by atoms with Crippen molar-refractivity contribution in [3.8, 4) is 22.5 Å². The number of aliphatic hydroxyl groups is 1. The molecule has 8 heteroatoms. The number of benzene rings is 5. The molecule has 0 aliphatic heterocycles. The van der Waals surface area contributed by atoms with E-state index in [1.165, 1.54) is 0 Å². The molecule has 0 unspecified atom stereocenters. The van der Waals surface area contributed by atoms with Crippen LogP contribution in [0.2, 0.25) is 5.15 Å². The minimum atomic E-state index is -0.856. The van der Waals surface area contributed by atoms with Crippen LogP contribution in [-0.2, 0) is 25.1 Å². The van der Waals surface area contributed by atoms with Crippen molar-refractivity contribution >= 4 is 11.6 Å². The smallest absolute Gasteiger partial charge is 0.390 e. The zero-order chi connectivity index (χ0) is 33.6. The van der Waals surface area contributed by atoms with E-state index in [0.29, 0.717) is 23.2 Å². The van der Waals surface area contributed by atoms with Crippen LogP contribution in [0.25, 0.3) is 22.5 Å². The van der Waals surface area contributed by atoms with Gasteiger partial charge in [-0.05, 0) is 45.0 Å². The highest BCUT2D eigenvalue weighted by atomic mass is 35.5. The summed E-state index contributed by atoms with van der Waals surface area (Å²) >= 11 is 6.40. The first-order valence-corrected chi connectivity index (χ1v) is 17.0. The van der Waals surface area contributed by atoms with Crippen LogP contribution in [0.1, 0.15) is 55.0 Å². The van der Waals surface area contributed by atoms with Crippen LogP contribution in [0.5, 0.6) is 0 Å². The van der Waals surface area contributed by atoms with E-state index in [0.717, 1.165) is 64.0 Å². The van der Waals surface area contributed by atoms with Gasteiger partial charge in [-0.2, -0.15) is 0 Å². The van der Waals surface area contributed by atoms with Crippen molar-refractivity contribution in [1.29, 1.82) is 0 Å². The van der Waals surface area contributed by atoms with Gasteiger partial charge in [0.25, 0.3) is 0 Å². The fraction of sp³-hybridized carbons (Fsp3) is 0.171. The molecule has 0 atom stereocenters. The van der Waals surface area contributed by atoms with Crippen molar-refractivity contribution in [2.75, 3.05) is 0 Å². The lowest BCUT2D eigenvalue weighted by Crippen LogP contribution is -2.39. The standard InChI is InChI=1S/C41H37ClN6O/c1-2-3-23-38-43-39(42)37(29-49)47(38)28-30-24-26-31(27-25-30)35-21-13-14-22-36(35)40-44-46-48(45-40)41(32-15-7-4-8-16-32,33-17-9-5-10-18-33)34-19-11-6-12-20-34/h4-22,24-27,49H,2-3,23,28-29H2,1H3/p+1. The molecule has 0 saturated heterocycles. The van der Waals surface area contributed by atoms with E-state index in [1.807, 2.05) is 77.4 Å². The van der Waals surface area contributed by atoms with Gasteiger partial charge in [0.2, 0.25) is 5.82 Å². The number of unbranched alkanes of at least 4 members (excludes halogenated alkanes) is 1. The maximum absolute atomic E-state index is 10.0. The molecular weight excluding hydrogens is 628 g/mol. The van der Waals surface area contributed by atoms with Gasteiger partial charge >= 0.3 is 1.43 Å². The Labute approximate surface area is 293 Å². The third kappa shape index (κ3) is 6.19. The molecule has 0 fully saturated rings. The first-order chi connectivity index (χ1) is 24.1. The first-order valence-electron chi connectivity index (χ1n) is 16.6. The lowest BCUT2D eigenvalue weighted by molar-refractivity contribution is 0.271. The monoisotopic (exact) mass is 665 g/mol. The largest absolute Gasteiger partial charge is 1.00 e. The number of halogens is 1. The zero-order valence-electron chi connectivity index (χ0n) is 28.3. The van der Waals surface area contributed by atoms with Gasteiger partial charge in [0.05, 0.1) is 12.3 Å². The number of rotatable bonds is 12. The first kappa shape index (κ1) is 32.2. The number of aliphatic hydroxyl groups excluding tert-OH is 1. The lowest BCUT2D eigenvalue weighted by atomic mass is 9.77. The Morgan fingerprint density at radius 1 is 0.714 bits per heavy atom. The minimum Gasteiger partial charge on any atom is -0.390 e. The Morgan fingerprint density at radius 2 is 1.27 bits per heavy atom. The summed E-state index contributed by atoms with van der Waals surface area (Å²) in [6.45, 7) is 2.57. The van der Waals surface area contributed by atoms with Gasteiger partial charge in [-0.15, -0.1) is 15.0 Å². The number of aromatic nitrogens is 6. The topological polar surface area (TPSA) is 81.7 Å². The Hall–Kier alpha value is -5.37. The van der Waals surface area contributed by atoms with Crippen LogP contribution in [0.15, 0.2) is 140 Å². The molecule has 7 nitrogen and oxygen atoms in total. The zero-order valence-corrected chi connectivity index (χ0v) is 28.1. The normalized spacial score (nSPS) is 11.6. The SMILES string of the molecule is CCCCc1nc(Cl)c(CO)n1Cc1ccc(-c2ccccc2-c2nnn(C(c3ccccc3)(c3ccccc3)c3ccccc3)n2)cc1.[H+]. The molecule has 0 bridgehead atoms. The lowest BCUT2D eigenvalue weighted by Gasteiger charge is -2.34. The van der Waals surface area contributed by atoms with Crippen LogP contribution >= 0.6 is 11.6 Å². The molecule has 49 heavy (non-hydrogen) atoms. The molecule has 2 aromatic heterocycles. The maximum Gasteiger partial charge on any atom is 1.00 e. The quantitative estimate of drug-likeness (QED) is 0.132. The molecule has 0 aliphatic carbocycles. The molecule has 0 saturated carbocycles. The van der Waals surface area contributed by atoms with Crippen molar-refractivity contribution in [2.24, 2.45) is 0 Å². The van der Waals surface area contributed by atoms with Gasteiger partial charge in [0, 0.05) is 18.5 Å². The molecule has 7 rings (SSSR count). The van der Waals surface area contributed by atoms with E-state index < -0.39 is 5.54 Å². The Kier molecular flexibility index (Phi) is 9.46. The van der Waals surface area contributed by atoms with Crippen LogP contribution in [-0.4, -0.2) is 34.9 Å². The molecule has 2 heterocycles. The van der Waals surface area contributed by atoms with Crippen molar-refractivity contribution in [2.45, 2.75) is 44.9 Å². The van der Waals surface area contributed by atoms with Crippen LogP contribution < -0.4 is 0 Å². The molecular formula is C41H38ClN6O+. The summed E-state index contributed by atoms with van der Waals surface area (Å²) in [7, 11) is 0. The predicted octanol–water partition coefficient (Wildman–Crippen LogP) is 8.69. The van der Waals surface area contributed by atoms with Gasteiger partial charge in [-0.3, -0.25) is 0 Å². The highest BCUT2D eigenvalue weighted by Gasteiger charge is 2.41. The molecule has 0 amide bonds. The van der Waals surface area contributed by atoms with E-state index in [-0.39, 0.29) is 8.03 Å². The number of imidazole rings is 1. The average molecular weight is 666 g/mol.